The first kappa shape index (κ1) is 19.9. The minimum Gasteiger partial charge on any atom is -0.350 e. The second-order valence-corrected chi connectivity index (χ2v) is 7.60. The van der Waals surface area contributed by atoms with Gasteiger partial charge in [0.2, 0.25) is 0 Å². The van der Waals surface area contributed by atoms with Gasteiger partial charge in [-0.15, -0.1) is 0 Å². The summed E-state index contributed by atoms with van der Waals surface area (Å²) in [5.41, 5.74) is 4.58. The second kappa shape index (κ2) is 8.17. The van der Waals surface area contributed by atoms with Gasteiger partial charge in [0.25, 0.3) is 11.8 Å². The number of carbonyl (C=O) groups is 2. The molecule has 0 saturated heterocycles. The summed E-state index contributed by atoms with van der Waals surface area (Å²) < 4.78 is 0. The first-order valence-electron chi connectivity index (χ1n) is 9.80. The fraction of sp³-hybridized carbons (Fsp3) is 0.120. The summed E-state index contributed by atoms with van der Waals surface area (Å²) in [6.07, 6.45) is 0.885. The van der Waals surface area contributed by atoms with Gasteiger partial charge in [0.15, 0.2) is 0 Å². The number of imide groups is 1. The Morgan fingerprint density at radius 3 is 2.27 bits per heavy atom. The standard InChI is InChI=1S/C25H21ClN2O2/c1-3-17-10-13-20(14-11-17)28-24(29)22(18-7-5-4-6-8-18)23(25(28)30)27-21-15-19(26)12-9-16(21)2/h4-15,27H,3H2,1-2H3. The number of anilines is 2. The molecule has 0 spiro atoms. The van der Waals surface area contributed by atoms with Crippen molar-refractivity contribution >= 4 is 40.4 Å². The van der Waals surface area contributed by atoms with Crippen molar-refractivity contribution in [3.63, 3.8) is 0 Å². The Bertz CT molecular complexity index is 1150. The van der Waals surface area contributed by atoms with Gasteiger partial charge in [0, 0.05) is 10.7 Å². The number of nitrogens with one attached hydrogen (secondary N) is 1. The van der Waals surface area contributed by atoms with E-state index in [1.54, 1.807) is 12.1 Å². The molecule has 4 nitrogen and oxygen atoms in total. The van der Waals surface area contributed by atoms with E-state index in [2.05, 4.69) is 12.2 Å². The van der Waals surface area contributed by atoms with Crippen molar-refractivity contribution in [2.24, 2.45) is 0 Å². The highest BCUT2D eigenvalue weighted by molar-refractivity contribution is 6.46. The van der Waals surface area contributed by atoms with Crippen molar-refractivity contribution in [2.75, 3.05) is 10.2 Å². The molecule has 150 valence electrons. The van der Waals surface area contributed by atoms with Gasteiger partial charge in [-0.2, -0.15) is 0 Å². The van der Waals surface area contributed by atoms with E-state index in [4.69, 9.17) is 11.6 Å². The molecule has 1 heterocycles. The predicted molar refractivity (Wildman–Crippen MR) is 121 cm³/mol. The molecule has 3 aromatic rings. The molecule has 30 heavy (non-hydrogen) atoms. The maximum absolute atomic E-state index is 13.4. The molecule has 0 radical (unpaired) electrons. The highest BCUT2D eigenvalue weighted by Crippen LogP contribution is 2.34. The van der Waals surface area contributed by atoms with Gasteiger partial charge in [-0.05, 0) is 54.3 Å². The normalized spacial score (nSPS) is 13.9. The molecule has 0 atom stereocenters. The van der Waals surface area contributed by atoms with E-state index in [0.717, 1.165) is 17.5 Å². The average molecular weight is 417 g/mol. The largest absolute Gasteiger partial charge is 0.350 e. The molecule has 1 aliphatic rings. The first-order chi connectivity index (χ1) is 14.5. The van der Waals surface area contributed by atoms with Gasteiger partial charge in [0.05, 0.1) is 11.3 Å². The third-order valence-electron chi connectivity index (χ3n) is 5.21. The van der Waals surface area contributed by atoms with Crippen LogP contribution in [0.3, 0.4) is 0 Å². The Kier molecular flexibility index (Phi) is 5.42. The molecule has 0 aromatic heterocycles. The topological polar surface area (TPSA) is 49.4 Å². The van der Waals surface area contributed by atoms with Crippen LogP contribution < -0.4 is 10.2 Å². The molecule has 0 unspecified atom stereocenters. The molecule has 0 bridgehead atoms. The van der Waals surface area contributed by atoms with Crippen molar-refractivity contribution in [3.8, 4) is 0 Å². The highest BCUT2D eigenvalue weighted by atomic mass is 35.5. The minimum absolute atomic E-state index is 0.246. The van der Waals surface area contributed by atoms with E-state index in [9.17, 15) is 9.59 Å². The van der Waals surface area contributed by atoms with Gasteiger partial charge in [-0.1, -0.05) is 67.1 Å². The molecule has 1 aliphatic heterocycles. The van der Waals surface area contributed by atoms with Crippen LogP contribution in [-0.2, 0) is 16.0 Å². The summed E-state index contributed by atoms with van der Waals surface area (Å²) in [7, 11) is 0. The fourth-order valence-electron chi connectivity index (χ4n) is 3.50. The van der Waals surface area contributed by atoms with Gasteiger partial charge in [-0.25, -0.2) is 4.90 Å². The lowest BCUT2D eigenvalue weighted by Gasteiger charge is -2.16. The van der Waals surface area contributed by atoms with Crippen LogP contribution in [0.1, 0.15) is 23.6 Å². The van der Waals surface area contributed by atoms with E-state index < -0.39 is 0 Å². The van der Waals surface area contributed by atoms with Gasteiger partial charge in [-0.3, -0.25) is 9.59 Å². The van der Waals surface area contributed by atoms with E-state index >= 15 is 0 Å². The summed E-state index contributed by atoms with van der Waals surface area (Å²) in [4.78, 5) is 28.0. The monoisotopic (exact) mass is 416 g/mol. The van der Waals surface area contributed by atoms with Crippen molar-refractivity contribution < 1.29 is 9.59 Å². The van der Waals surface area contributed by atoms with E-state index in [1.165, 1.54) is 4.90 Å². The quantitative estimate of drug-likeness (QED) is 0.550. The van der Waals surface area contributed by atoms with Crippen LogP contribution in [0.5, 0.6) is 0 Å². The van der Waals surface area contributed by atoms with Crippen LogP contribution in [0.25, 0.3) is 5.57 Å². The zero-order valence-electron chi connectivity index (χ0n) is 16.8. The molecule has 1 N–H and O–H groups in total. The lowest BCUT2D eigenvalue weighted by Crippen LogP contribution is -2.32. The molecule has 0 saturated carbocycles. The van der Waals surface area contributed by atoms with Crippen molar-refractivity contribution in [1.29, 1.82) is 0 Å². The van der Waals surface area contributed by atoms with Crippen LogP contribution in [0.4, 0.5) is 11.4 Å². The third-order valence-corrected chi connectivity index (χ3v) is 5.44. The SMILES string of the molecule is CCc1ccc(N2C(=O)C(Nc3cc(Cl)ccc3C)=C(c3ccccc3)C2=O)cc1. The maximum atomic E-state index is 13.4. The predicted octanol–water partition coefficient (Wildman–Crippen LogP) is 5.61. The van der Waals surface area contributed by atoms with Gasteiger partial charge >= 0.3 is 0 Å². The minimum atomic E-state index is -0.387. The van der Waals surface area contributed by atoms with Crippen LogP contribution in [0.2, 0.25) is 5.02 Å². The maximum Gasteiger partial charge on any atom is 0.282 e. The Labute approximate surface area is 180 Å². The summed E-state index contributed by atoms with van der Waals surface area (Å²) in [6.45, 7) is 3.98. The summed E-state index contributed by atoms with van der Waals surface area (Å²) >= 11 is 6.16. The number of hydrogen-bond acceptors (Lipinski definition) is 3. The van der Waals surface area contributed by atoms with Crippen LogP contribution in [0, 0.1) is 6.92 Å². The number of carbonyl (C=O) groups excluding carboxylic acids is 2. The van der Waals surface area contributed by atoms with E-state index in [1.807, 2.05) is 67.6 Å². The number of hydrogen-bond donors (Lipinski definition) is 1. The Morgan fingerprint density at radius 1 is 0.900 bits per heavy atom. The number of amides is 2. The van der Waals surface area contributed by atoms with Crippen molar-refractivity contribution in [2.45, 2.75) is 20.3 Å². The molecular weight excluding hydrogens is 396 g/mol. The Morgan fingerprint density at radius 2 is 1.60 bits per heavy atom. The number of aryl methyl sites for hydroxylation is 2. The highest BCUT2D eigenvalue weighted by Gasteiger charge is 2.40. The van der Waals surface area contributed by atoms with E-state index in [-0.39, 0.29) is 17.5 Å². The molecular formula is C25H21ClN2O2. The van der Waals surface area contributed by atoms with E-state index in [0.29, 0.717) is 27.5 Å². The summed E-state index contributed by atoms with van der Waals surface area (Å²) in [5, 5.41) is 3.73. The second-order valence-electron chi connectivity index (χ2n) is 7.17. The first-order valence-corrected chi connectivity index (χ1v) is 10.2. The zero-order chi connectivity index (χ0) is 21.3. The number of benzene rings is 3. The Balaban J connectivity index is 1.81. The molecule has 5 heteroatoms. The van der Waals surface area contributed by atoms with Gasteiger partial charge in [0.1, 0.15) is 5.70 Å². The van der Waals surface area contributed by atoms with Gasteiger partial charge < -0.3 is 5.32 Å². The lowest BCUT2D eigenvalue weighted by atomic mass is 10.0. The fourth-order valence-corrected chi connectivity index (χ4v) is 3.67. The van der Waals surface area contributed by atoms with Crippen molar-refractivity contribution in [3.05, 3.63) is 100 Å². The zero-order valence-corrected chi connectivity index (χ0v) is 17.5. The summed E-state index contributed by atoms with van der Waals surface area (Å²) in [6, 6.07) is 22.1. The average Bonchev–Trinajstić information content (AvgIpc) is 3.01. The lowest BCUT2D eigenvalue weighted by molar-refractivity contribution is -0.120. The molecule has 2 amide bonds. The number of rotatable bonds is 5. The molecule has 4 rings (SSSR count). The van der Waals surface area contributed by atoms with Crippen LogP contribution in [0.15, 0.2) is 78.5 Å². The molecule has 0 fully saturated rings. The number of halogens is 1. The molecule has 0 aliphatic carbocycles. The van der Waals surface area contributed by atoms with Crippen LogP contribution in [-0.4, -0.2) is 11.8 Å². The third kappa shape index (κ3) is 3.62. The Hall–Kier alpha value is -3.37. The van der Waals surface area contributed by atoms with Crippen LogP contribution >= 0.6 is 11.6 Å². The molecule has 3 aromatic carbocycles. The summed E-state index contributed by atoms with van der Waals surface area (Å²) in [5.74, 6) is -0.736. The number of nitrogens with zero attached hydrogens (tertiary/aromatic N) is 1. The smallest absolute Gasteiger partial charge is 0.282 e. The van der Waals surface area contributed by atoms with Crippen molar-refractivity contribution in [1.82, 2.24) is 0 Å².